The number of rotatable bonds is 1. The highest BCUT2D eigenvalue weighted by atomic mass is 15.1. The van der Waals surface area contributed by atoms with Gasteiger partial charge < -0.3 is 0 Å². The Bertz CT molecular complexity index is 167. The highest BCUT2D eigenvalue weighted by Crippen LogP contribution is 1.94. The van der Waals surface area contributed by atoms with Crippen molar-refractivity contribution in [2.24, 2.45) is 0 Å². The number of H-pyrrole nitrogens is 1. The third-order valence-electron chi connectivity index (χ3n) is 1.04. The lowest BCUT2D eigenvalue weighted by Crippen LogP contribution is -1.76. The van der Waals surface area contributed by atoms with Crippen LogP contribution in [0, 0.1) is 13.0 Å². The molecular weight excluding hydrogens is 100 g/mol. The zero-order valence-electron chi connectivity index (χ0n) is 5.15. The van der Waals surface area contributed by atoms with Crippen molar-refractivity contribution in [1.29, 1.82) is 0 Å². The summed E-state index contributed by atoms with van der Waals surface area (Å²) >= 11 is 0. The Hall–Kier alpha value is -0.790. The zero-order chi connectivity index (χ0) is 5.98. The van der Waals surface area contributed by atoms with Crippen LogP contribution in [0.5, 0.6) is 0 Å². The summed E-state index contributed by atoms with van der Waals surface area (Å²) in [5.74, 6) is 0. The van der Waals surface area contributed by atoms with Crippen molar-refractivity contribution < 1.29 is 0 Å². The first-order valence-electron chi connectivity index (χ1n) is 2.76. The van der Waals surface area contributed by atoms with Crippen molar-refractivity contribution in [3.63, 3.8) is 0 Å². The Balaban J connectivity index is 2.84. The van der Waals surface area contributed by atoms with Crippen LogP contribution in [0.25, 0.3) is 0 Å². The van der Waals surface area contributed by atoms with E-state index in [2.05, 4.69) is 23.2 Å². The second kappa shape index (κ2) is 1.99. The van der Waals surface area contributed by atoms with Gasteiger partial charge in [-0.1, -0.05) is 6.92 Å². The first kappa shape index (κ1) is 5.35. The Kier molecular flexibility index (Phi) is 1.33. The quantitative estimate of drug-likeness (QED) is 0.574. The number of nitrogens with one attached hydrogen (secondary N) is 1. The molecule has 0 aliphatic rings. The van der Waals surface area contributed by atoms with Gasteiger partial charge in [-0.2, -0.15) is 5.10 Å². The number of hydrogen-bond acceptors (Lipinski definition) is 1. The Morgan fingerprint density at radius 2 is 2.50 bits per heavy atom. The molecule has 0 aromatic carbocycles. The maximum Gasteiger partial charge on any atom is 0.0673 e. The average Bonchev–Trinajstić information content (AvgIpc) is 2.14. The fraction of sp³-hybridized carbons (Fsp3) is 0.500. The van der Waals surface area contributed by atoms with E-state index < -0.39 is 0 Å². The van der Waals surface area contributed by atoms with Crippen molar-refractivity contribution >= 4 is 0 Å². The molecule has 0 bridgehead atoms. The smallest absolute Gasteiger partial charge is 0.0673 e. The zero-order valence-corrected chi connectivity index (χ0v) is 5.15. The van der Waals surface area contributed by atoms with E-state index in [1.54, 1.807) is 0 Å². The fourth-order valence-corrected chi connectivity index (χ4v) is 0.593. The highest BCUT2D eigenvalue weighted by molar-refractivity contribution is 5.03. The van der Waals surface area contributed by atoms with Gasteiger partial charge in [0, 0.05) is 11.8 Å². The van der Waals surface area contributed by atoms with E-state index in [-0.39, 0.29) is 0 Å². The lowest BCUT2D eigenvalue weighted by molar-refractivity contribution is 0.962. The van der Waals surface area contributed by atoms with E-state index in [4.69, 9.17) is 0 Å². The van der Waals surface area contributed by atoms with E-state index in [1.165, 1.54) is 0 Å². The molecule has 1 radical (unpaired) electrons. The summed E-state index contributed by atoms with van der Waals surface area (Å²) in [6, 6.07) is 3.06. The maximum absolute atomic E-state index is 3.91. The van der Waals surface area contributed by atoms with Crippen LogP contribution in [-0.4, -0.2) is 10.2 Å². The number of aromatic amines is 1. The summed E-state index contributed by atoms with van der Waals surface area (Å²) in [5, 5.41) is 6.76. The average molecular weight is 109 g/mol. The fourth-order valence-electron chi connectivity index (χ4n) is 0.593. The molecular formula is C6H9N2. The van der Waals surface area contributed by atoms with E-state index >= 15 is 0 Å². The van der Waals surface area contributed by atoms with Crippen molar-refractivity contribution in [1.82, 2.24) is 10.2 Å². The summed E-state index contributed by atoms with van der Waals surface area (Å²) in [5.41, 5.74) is 2.03. The summed E-state index contributed by atoms with van der Waals surface area (Å²) < 4.78 is 0. The third-order valence-corrected chi connectivity index (χ3v) is 1.04. The van der Waals surface area contributed by atoms with Gasteiger partial charge in [-0.25, -0.2) is 0 Å². The van der Waals surface area contributed by atoms with Crippen molar-refractivity contribution in [3.8, 4) is 0 Å². The molecule has 0 aliphatic carbocycles. The van der Waals surface area contributed by atoms with Crippen molar-refractivity contribution in [3.05, 3.63) is 17.5 Å². The Morgan fingerprint density at radius 3 is 2.75 bits per heavy atom. The lowest BCUT2D eigenvalue weighted by atomic mass is 10.3. The molecule has 1 heterocycles. The van der Waals surface area contributed by atoms with Crippen LogP contribution in [0.2, 0.25) is 0 Å². The Labute approximate surface area is 48.9 Å². The van der Waals surface area contributed by atoms with Gasteiger partial charge in [0.15, 0.2) is 0 Å². The molecule has 1 rings (SSSR count). The molecule has 0 fully saturated rings. The molecule has 8 heavy (non-hydrogen) atoms. The number of aryl methyl sites for hydroxylation is 2. The maximum atomic E-state index is 3.91. The normalized spacial score (nSPS) is 9.75. The third kappa shape index (κ3) is 0.886. The summed E-state index contributed by atoms with van der Waals surface area (Å²) in [7, 11) is 0. The number of hydrogen-bond donors (Lipinski definition) is 1. The van der Waals surface area contributed by atoms with Crippen LogP contribution < -0.4 is 0 Å². The molecule has 2 heteroatoms. The monoisotopic (exact) mass is 109 g/mol. The van der Waals surface area contributed by atoms with Gasteiger partial charge in [-0.15, -0.1) is 0 Å². The van der Waals surface area contributed by atoms with Crippen LogP contribution >= 0.6 is 0 Å². The predicted octanol–water partition coefficient (Wildman–Crippen LogP) is 1.08. The lowest BCUT2D eigenvalue weighted by Gasteiger charge is -1.78. The Morgan fingerprint density at radius 1 is 1.75 bits per heavy atom. The molecule has 0 unspecified atom stereocenters. The molecule has 1 N–H and O–H groups in total. The van der Waals surface area contributed by atoms with Crippen molar-refractivity contribution in [2.75, 3.05) is 0 Å². The number of nitrogens with zero attached hydrogens (tertiary/aromatic N) is 1. The molecule has 0 amide bonds. The summed E-state index contributed by atoms with van der Waals surface area (Å²) in [6.45, 7) is 4.00. The minimum absolute atomic E-state index is 0.946. The minimum atomic E-state index is 0.946. The van der Waals surface area contributed by atoms with Gasteiger partial charge in [-0.05, 0) is 13.3 Å². The van der Waals surface area contributed by atoms with Gasteiger partial charge in [0.2, 0.25) is 0 Å². The molecule has 0 saturated carbocycles. The van der Waals surface area contributed by atoms with Crippen LogP contribution in [0.3, 0.4) is 0 Å². The van der Waals surface area contributed by atoms with Crippen LogP contribution in [0.15, 0.2) is 0 Å². The van der Waals surface area contributed by atoms with Gasteiger partial charge in [0.1, 0.15) is 0 Å². The molecule has 1 aromatic rings. The van der Waals surface area contributed by atoms with Gasteiger partial charge >= 0.3 is 0 Å². The molecule has 43 valence electrons. The standard InChI is InChI=1S/C6H9N2/c1-3-6-4-5(2)7-8-6/h3H2,1-2H3,(H,7,8). The van der Waals surface area contributed by atoms with E-state index in [0.717, 1.165) is 17.8 Å². The topological polar surface area (TPSA) is 28.7 Å². The second-order valence-electron chi connectivity index (χ2n) is 1.77. The van der Waals surface area contributed by atoms with Crippen LogP contribution in [0.4, 0.5) is 0 Å². The first-order valence-corrected chi connectivity index (χ1v) is 2.76. The number of aromatic nitrogens is 2. The molecule has 0 atom stereocenters. The molecule has 0 saturated heterocycles. The second-order valence-corrected chi connectivity index (χ2v) is 1.77. The SMILES string of the molecule is CCc1[c]c(C)n[nH]1. The van der Waals surface area contributed by atoms with Crippen LogP contribution in [0.1, 0.15) is 18.3 Å². The molecule has 0 spiro atoms. The van der Waals surface area contributed by atoms with E-state index in [9.17, 15) is 0 Å². The molecule has 0 aliphatic heterocycles. The minimum Gasteiger partial charge on any atom is -0.282 e. The van der Waals surface area contributed by atoms with Gasteiger partial charge in [-0.3, -0.25) is 5.10 Å². The molecule has 1 aromatic heterocycles. The summed E-state index contributed by atoms with van der Waals surface area (Å²) in [4.78, 5) is 0. The summed E-state index contributed by atoms with van der Waals surface area (Å²) in [6.07, 6.45) is 0.987. The van der Waals surface area contributed by atoms with Gasteiger partial charge in [0.25, 0.3) is 0 Å². The van der Waals surface area contributed by atoms with E-state index in [0.29, 0.717) is 0 Å². The first-order chi connectivity index (χ1) is 3.83. The largest absolute Gasteiger partial charge is 0.282 e. The van der Waals surface area contributed by atoms with Crippen molar-refractivity contribution in [2.45, 2.75) is 20.3 Å². The predicted molar refractivity (Wildman–Crippen MR) is 31.5 cm³/mol. The van der Waals surface area contributed by atoms with Gasteiger partial charge in [0.05, 0.1) is 5.69 Å². The highest BCUT2D eigenvalue weighted by Gasteiger charge is 1.90. The van der Waals surface area contributed by atoms with E-state index in [1.807, 2.05) is 6.92 Å². The molecule has 2 nitrogen and oxygen atoms in total. The van der Waals surface area contributed by atoms with Crippen LogP contribution in [-0.2, 0) is 6.42 Å².